The van der Waals surface area contributed by atoms with Crippen molar-refractivity contribution in [3.63, 3.8) is 0 Å². The molecule has 1 aliphatic carbocycles. The quantitative estimate of drug-likeness (QED) is 0.780. The van der Waals surface area contributed by atoms with Gasteiger partial charge in [0.15, 0.2) is 0 Å². The van der Waals surface area contributed by atoms with Crippen LogP contribution in [-0.4, -0.2) is 37.1 Å². The Bertz CT molecular complexity index is 215. The summed E-state index contributed by atoms with van der Waals surface area (Å²) in [6.45, 7) is 9.89. The average molecular weight is 252 g/mol. The Labute approximate surface area is 114 Å². The van der Waals surface area contributed by atoms with Crippen LogP contribution in [0.25, 0.3) is 0 Å². The maximum absolute atomic E-state index is 3.55. The van der Waals surface area contributed by atoms with Gasteiger partial charge in [0, 0.05) is 12.6 Å². The van der Waals surface area contributed by atoms with E-state index >= 15 is 0 Å². The second-order valence-corrected chi connectivity index (χ2v) is 6.83. The van der Waals surface area contributed by atoms with Crippen LogP contribution in [-0.2, 0) is 0 Å². The molecule has 1 aliphatic heterocycles. The van der Waals surface area contributed by atoms with Crippen LogP contribution < -0.4 is 5.32 Å². The van der Waals surface area contributed by atoms with Gasteiger partial charge in [0.1, 0.15) is 0 Å². The highest BCUT2D eigenvalue weighted by molar-refractivity contribution is 4.79. The van der Waals surface area contributed by atoms with Crippen molar-refractivity contribution < 1.29 is 0 Å². The molecule has 2 nitrogen and oxygen atoms in total. The molecule has 2 rings (SSSR count). The zero-order valence-corrected chi connectivity index (χ0v) is 12.5. The van der Waals surface area contributed by atoms with Crippen molar-refractivity contribution in [3.05, 3.63) is 0 Å². The maximum atomic E-state index is 3.55. The van der Waals surface area contributed by atoms with Crippen LogP contribution in [0.15, 0.2) is 0 Å². The van der Waals surface area contributed by atoms with Gasteiger partial charge in [-0.25, -0.2) is 0 Å². The van der Waals surface area contributed by atoms with Crippen LogP contribution in [0.4, 0.5) is 0 Å². The lowest BCUT2D eigenvalue weighted by Crippen LogP contribution is -2.39. The number of piperidine rings is 1. The summed E-state index contributed by atoms with van der Waals surface area (Å²) in [5.74, 6) is 1.75. The first-order valence-electron chi connectivity index (χ1n) is 8.20. The van der Waals surface area contributed by atoms with Gasteiger partial charge in [-0.2, -0.15) is 0 Å². The van der Waals surface area contributed by atoms with Crippen molar-refractivity contribution in [3.8, 4) is 0 Å². The molecule has 0 radical (unpaired) electrons. The minimum Gasteiger partial charge on any atom is -0.316 e. The fourth-order valence-corrected chi connectivity index (χ4v) is 3.68. The summed E-state index contributed by atoms with van der Waals surface area (Å²) in [6.07, 6.45) is 10.1. The third-order valence-corrected chi connectivity index (χ3v) is 4.66. The van der Waals surface area contributed by atoms with Crippen LogP contribution >= 0.6 is 0 Å². The number of nitrogens with zero attached hydrogens (tertiary/aromatic N) is 1. The molecule has 0 bridgehead atoms. The van der Waals surface area contributed by atoms with E-state index in [-0.39, 0.29) is 0 Å². The van der Waals surface area contributed by atoms with Crippen molar-refractivity contribution in [1.29, 1.82) is 0 Å². The van der Waals surface area contributed by atoms with Crippen LogP contribution in [0, 0.1) is 11.8 Å². The average Bonchev–Trinajstić information content (AvgIpc) is 2.89. The van der Waals surface area contributed by atoms with E-state index in [1.807, 2.05) is 0 Å². The largest absolute Gasteiger partial charge is 0.316 e. The Kier molecular flexibility index (Phi) is 5.97. The molecule has 0 spiro atoms. The molecule has 1 heterocycles. The first-order chi connectivity index (χ1) is 8.75. The number of hydrogen-bond acceptors (Lipinski definition) is 2. The van der Waals surface area contributed by atoms with Gasteiger partial charge in [-0.15, -0.1) is 0 Å². The van der Waals surface area contributed by atoms with Crippen LogP contribution in [0.5, 0.6) is 0 Å². The van der Waals surface area contributed by atoms with Gasteiger partial charge in [0.2, 0.25) is 0 Å². The summed E-state index contributed by atoms with van der Waals surface area (Å²) in [4.78, 5) is 2.81. The third-order valence-electron chi connectivity index (χ3n) is 4.66. The number of hydrogen-bond donors (Lipinski definition) is 1. The predicted molar refractivity (Wildman–Crippen MR) is 78.9 cm³/mol. The number of rotatable bonds is 6. The lowest BCUT2D eigenvalue weighted by atomic mass is 9.95. The highest BCUT2D eigenvalue weighted by Gasteiger charge is 2.24. The summed E-state index contributed by atoms with van der Waals surface area (Å²) >= 11 is 0. The monoisotopic (exact) mass is 252 g/mol. The topological polar surface area (TPSA) is 15.3 Å². The Morgan fingerprint density at radius 2 is 1.89 bits per heavy atom. The van der Waals surface area contributed by atoms with E-state index in [4.69, 9.17) is 0 Å². The maximum Gasteiger partial charge on any atom is 0.00953 e. The van der Waals surface area contributed by atoms with E-state index in [1.54, 1.807) is 0 Å². The number of nitrogens with one attached hydrogen (secondary N) is 1. The van der Waals surface area contributed by atoms with Crippen LogP contribution in [0.2, 0.25) is 0 Å². The standard InChI is InChI=1S/C16H32N2/c1-14(2)13-18(16-7-3-4-8-16)11-9-15-6-5-10-17-12-15/h14-17H,3-13H2,1-2H3. The normalized spacial score (nSPS) is 26.3. The lowest BCUT2D eigenvalue weighted by molar-refractivity contribution is 0.160. The highest BCUT2D eigenvalue weighted by atomic mass is 15.2. The van der Waals surface area contributed by atoms with E-state index in [0.29, 0.717) is 0 Å². The SMILES string of the molecule is CC(C)CN(CCC1CCCNC1)C1CCCC1. The molecule has 2 aliphatic rings. The second kappa shape index (κ2) is 7.49. The van der Waals surface area contributed by atoms with E-state index in [1.165, 1.54) is 71.1 Å². The molecule has 0 aromatic heterocycles. The lowest BCUT2D eigenvalue weighted by Gasteiger charge is -2.32. The molecule has 1 atom stereocenters. The van der Waals surface area contributed by atoms with E-state index < -0.39 is 0 Å². The van der Waals surface area contributed by atoms with E-state index in [9.17, 15) is 0 Å². The molecule has 106 valence electrons. The van der Waals surface area contributed by atoms with E-state index in [0.717, 1.165) is 17.9 Å². The first-order valence-corrected chi connectivity index (χ1v) is 8.20. The van der Waals surface area contributed by atoms with Gasteiger partial charge in [0.25, 0.3) is 0 Å². The Hall–Kier alpha value is -0.0800. The molecular weight excluding hydrogens is 220 g/mol. The molecule has 1 saturated carbocycles. The first kappa shape index (κ1) is 14.3. The molecule has 0 aromatic carbocycles. The van der Waals surface area contributed by atoms with Gasteiger partial charge < -0.3 is 10.2 Å². The molecule has 0 amide bonds. The van der Waals surface area contributed by atoms with Gasteiger partial charge in [0.05, 0.1) is 0 Å². The van der Waals surface area contributed by atoms with Gasteiger partial charge in [-0.1, -0.05) is 26.7 Å². The smallest absolute Gasteiger partial charge is 0.00953 e. The second-order valence-electron chi connectivity index (χ2n) is 6.83. The Balaban J connectivity index is 1.76. The molecule has 2 heteroatoms. The Morgan fingerprint density at radius 1 is 1.11 bits per heavy atom. The molecule has 18 heavy (non-hydrogen) atoms. The molecule has 1 saturated heterocycles. The van der Waals surface area contributed by atoms with Gasteiger partial charge in [-0.05, 0) is 63.6 Å². The highest BCUT2D eigenvalue weighted by Crippen LogP contribution is 2.25. The fourth-order valence-electron chi connectivity index (χ4n) is 3.68. The van der Waals surface area contributed by atoms with Crippen molar-refractivity contribution >= 4 is 0 Å². The van der Waals surface area contributed by atoms with Crippen molar-refractivity contribution in [1.82, 2.24) is 10.2 Å². The summed E-state index contributed by atoms with van der Waals surface area (Å²) in [5, 5.41) is 3.55. The zero-order chi connectivity index (χ0) is 12.8. The molecule has 1 unspecified atom stereocenters. The van der Waals surface area contributed by atoms with Crippen molar-refractivity contribution in [2.24, 2.45) is 11.8 Å². The van der Waals surface area contributed by atoms with Crippen molar-refractivity contribution in [2.75, 3.05) is 26.2 Å². The molecule has 0 aromatic rings. The minimum atomic E-state index is 0.815. The van der Waals surface area contributed by atoms with Gasteiger partial charge >= 0.3 is 0 Å². The van der Waals surface area contributed by atoms with Crippen molar-refractivity contribution in [2.45, 2.75) is 64.8 Å². The Morgan fingerprint density at radius 3 is 2.50 bits per heavy atom. The zero-order valence-electron chi connectivity index (χ0n) is 12.5. The summed E-state index contributed by atoms with van der Waals surface area (Å²) < 4.78 is 0. The predicted octanol–water partition coefficient (Wildman–Crippen LogP) is 3.28. The van der Waals surface area contributed by atoms with Crippen LogP contribution in [0.1, 0.15) is 58.8 Å². The van der Waals surface area contributed by atoms with E-state index in [2.05, 4.69) is 24.1 Å². The summed E-state index contributed by atoms with van der Waals surface area (Å²) in [7, 11) is 0. The van der Waals surface area contributed by atoms with Crippen LogP contribution in [0.3, 0.4) is 0 Å². The third kappa shape index (κ3) is 4.55. The molecule has 1 N–H and O–H groups in total. The molecule has 2 fully saturated rings. The molecular formula is C16H32N2. The summed E-state index contributed by atoms with van der Waals surface area (Å²) in [6, 6.07) is 0.906. The fraction of sp³-hybridized carbons (Fsp3) is 1.00. The minimum absolute atomic E-state index is 0.815. The van der Waals surface area contributed by atoms with Gasteiger partial charge in [-0.3, -0.25) is 0 Å². The summed E-state index contributed by atoms with van der Waals surface area (Å²) in [5.41, 5.74) is 0.